The topological polar surface area (TPSA) is 58.4 Å². The number of benzene rings is 1. The van der Waals surface area contributed by atoms with Crippen molar-refractivity contribution in [2.24, 2.45) is 0 Å². The average molecular weight is 277 g/mol. The Hall–Kier alpha value is -1.62. The van der Waals surface area contributed by atoms with Gasteiger partial charge in [-0.3, -0.25) is 10.1 Å². The first kappa shape index (κ1) is 14.8. The van der Waals surface area contributed by atoms with Crippen LogP contribution in [0.2, 0.25) is 0 Å². The van der Waals surface area contributed by atoms with Crippen LogP contribution >= 0.6 is 0 Å². The van der Waals surface area contributed by atoms with E-state index >= 15 is 0 Å². The molecule has 1 heterocycles. The maximum absolute atomic E-state index is 10.6. The lowest BCUT2D eigenvalue weighted by Crippen LogP contribution is -2.27. The van der Waals surface area contributed by atoms with E-state index in [1.54, 1.807) is 24.3 Å². The number of hydrogen-bond donors (Lipinski definition) is 1. The molecule has 1 N–H and O–H groups in total. The maximum atomic E-state index is 10.6. The molecule has 0 saturated carbocycles. The highest BCUT2D eigenvalue weighted by molar-refractivity contribution is 5.49. The van der Waals surface area contributed by atoms with Crippen LogP contribution < -0.4 is 5.32 Å². The Morgan fingerprint density at radius 1 is 1.30 bits per heavy atom. The van der Waals surface area contributed by atoms with Crippen molar-refractivity contribution >= 4 is 11.4 Å². The van der Waals surface area contributed by atoms with E-state index in [2.05, 4.69) is 17.1 Å². The van der Waals surface area contributed by atoms with Crippen LogP contribution in [0, 0.1) is 10.1 Å². The Morgan fingerprint density at radius 3 is 2.70 bits per heavy atom. The summed E-state index contributed by atoms with van der Waals surface area (Å²) in [5.74, 6) is 0. The quantitative estimate of drug-likeness (QED) is 0.663. The lowest BCUT2D eigenvalue weighted by atomic mass is 10.1. The zero-order valence-electron chi connectivity index (χ0n) is 12.0. The molecule has 1 saturated heterocycles. The summed E-state index contributed by atoms with van der Waals surface area (Å²) in [6.07, 6.45) is 4.72. The molecule has 1 unspecified atom stereocenters. The van der Waals surface area contributed by atoms with E-state index < -0.39 is 0 Å². The van der Waals surface area contributed by atoms with E-state index in [1.165, 1.54) is 25.9 Å². The molecule has 0 spiro atoms. The number of nitrogens with zero attached hydrogens (tertiary/aromatic N) is 2. The molecular weight excluding hydrogens is 254 g/mol. The minimum atomic E-state index is -0.363. The van der Waals surface area contributed by atoms with E-state index in [0.29, 0.717) is 6.04 Å². The monoisotopic (exact) mass is 277 g/mol. The normalized spacial score (nSPS) is 20.4. The fourth-order valence-corrected chi connectivity index (χ4v) is 2.76. The summed E-state index contributed by atoms with van der Waals surface area (Å²) in [7, 11) is 0. The molecule has 1 fully saturated rings. The molecule has 110 valence electrons. The van der Waals surface area contributed by atoms with Crippen LogP contribution in [-0.2, 0) is 0 Å². The van der Waals surface area contributed by atoms with Crippen LogP contribution in [0.1, 0.15) is 32.6 Å². The number of nitro benzene ring substituents is 1. The molecule has 1 aromatic carbocycles. The first-order chi connectivity index (χ1) is 9.69. The Kier molecular flexibility index (Phi) is 5.35. The Balaban J connectivity index is 1.88. The highest BCUT2D eigenvalue weighted by Gasteiger charge is 2.16. The van der Waals surface area contributed by atoms with E-state index in [-0.39, 0.29) is 10.6 Å². The number of likely N-dealkylation sites (tertiary alicyclic amines) is 1. The Morgan fingerprint density at radius 2 is 2.05 bits per heavy atom. The van der Waals surface area contributed by atoms with Gasteiger partial charge in [0.05, 0.1) is 4.92 Å². The highest BCUT2D eigenvalue weighted by atomic mass is 16.6. The smallest absolute Gasteiger partial charge is 0.269 e. The Labute approximate surface area is 120 Å². The van der Waals surface area contributed by atoms with Crippen molar-refractivity contribution in [2.45, 2.75) is 38.6 Å². The largest absolute Gasteiger partial charge is 0.382 e. The van der Waals surface area contributed by atoms with Crippen molar-refractivity contribution in [1.29, 1.82) is 0 Å². The standard InChI is InChI=1S/C15H23N3O2/c1-2-10-17-11-3-4-13(9-12-17)16-14-5-7-15(8-6-14)18(19)20/h5-8,13,16H,2-4,9-12H2,1H3. The number of anilines is 1. The van der Waals surface area contributed by atoms with Gasteiger partial charge in [-0.2, -0.15) is 0 Å². The van der Waals surface area contributed by atoms with Crippen LogP contribution in [-0.4, -0.2) is 35.5 Å². The van der Waals surface area contributed by atoms with Crippen LogP contribution in [0.3, 0.4) is 0 Å². The SMILES string of the molecule is CCCN1CCCC(Nc2ccc([N+](=O)[O-])cc2)CC1. The third-order valence-corrected chi connectivity index (χ3v) is 3.81. The summed E-state index contributed by atoms with van der Waals surface area (Å²) in [6, 6.07) is 7.18. The van der Waals surface area contributed by atoms with Crippen molar-refractivity contribution in [3.05, 3.63) is 34.4 Å². The maximum Gasteiger partial charge on any atom is 0.269 e. The molecule has 1 aliphatic rings. The molecular formula is C15H23N3O2. The predicted octanol–water partition coefficient (Wildman–Crippen LogP) is 3.27. The van der Waals surface area contributed by atoms with Crippen molar-refractivity contribution in [2.75, 3.05) is 25.0 Å². The minimum Gasteiger partial charge on any atom is -0.382 e. The molecule has 1 aromatic rings. The first-order valence-electron chi connectivity index (χ1n) is 7.42. The highest BCUT2D eigenvalue weighted by Crippen LogP contribution is 2.19. The molecule has 0 amide bonds. The fraction of sp³-hybridized carbons (Fsp3) is 0.600. The van der Waals surface area contributed by atoms with Gasteiger partial charge in [-0.25, -0.2) is 0 Å². The van der Waals surface area contributed by atoms with Gasteiger partial charge >= 0.3 is 0 Å². The summed E-state index contributed by atoms with van der Waals surface area (Å²) in [4.78, 5) is 12.8. The molecule has 0 aromatic heterocycles. The zero-order chi connectivity index (χ0) is 14.4. The molecule has 1 aliphatic heterocycles. The van der Waals surface area contributed by atoms with Crippen LogP contribution in [0.15, 0.2) is 24.3 Å². The molecule has 20 heavy (non-hydrogen) atoms. The zero-order valence-corrected chi connectivity index (χ0v) is 12.0. The number of rotatable bonds is 5. The average Bonchev–Trinajstić information content (AvgIpc) is 2.66. The van der Waals surface area contributed by atoms with E-state index in [0.717, 1.165) is 25.1 Å². The molecule has 0 radical (unpaired) electrons. The van der Waals surface area contributed by atoms with Crippen molar-refractivity contribution in [3.63, 3.8) is 0 Å². The second-order valence-corrected chi connectivity index (χ2v) is 5.42. The van der Waals surface area contributed by atoms with Gasteiger partial charge in [0.15, 0.2) is 0 Å². The number of non-ortho nitro benzene ring substituents is 1. The minimum absolute atomic E-state index is 0.144. The van der Waals surface area contributed by atoms with Crippen molar-refractivity contribution in [1.82, 2.24) is 4.90 Å². The van der Waals surface area contributed by atoms with E-state index in [9.17, 15) is 10.1 Å². The van der Waals surface area contributed by atoms with Crippen LogP contribution in [0.5, 0.6) is 0 Å². The number of hydrogen-bond acceptors (Lipinski definition) is 4. The number of nitro groups is 1. The molecule has 5 heteroatoms. The predicted molar refractivity (Wildman–Crippen MR) is 81.1 cm³/mol. The molecule has 5 nitrogen and oxygen atoms in total. The molecule has 2 rings (SSSR count). The van der Waals surface area contributed by atoms with Gasteiger partial charge in [0.2, 0.25) is 0 Å². The van der Waals surface area contributed by atoms with Gasteiger partial charge in [0.25, 0.3) is 5.69 Å². The third kappa shape index (κ3) is 4.20. The Bertz CT molecular complexity index is 433. The summed E-state index contributed by atoms with van der Waals surface area (Å²) in [5.41, 5.74) is 1.12. The second-order valence-electron chi connectivity index (χ2n) is 5.42. The van der Waals surface area contributed by atoms with E-state index in [4.69, 9.17) is 0 Å². The number of nitrogens with one attached hydrogen (secondary N) is 1. The molecule has 0 aliphatic carbocycles. The van der Waals surface area contributed by atoms with Gasteiger partial charge in [0, 0.05) is 30.4 Å². The third-order valence-electron chi connectivity index (χ3n) is 3.81. The second kappa shape index (κ2) is 7.24. The van der Waals surface area contributed by atoms with Gasteiger partial charge in [-0.15, -0.1) is 0 Å². The van der Waals surface area contributed by atoms with E-state index in [1.807, 2.05) is 0 Å². The summed E-state index contributed by atoms with van der Waals surface area (Å²) in [6.45, 7) is 5.73. The summed E-state index contributed by atoms with van der Waals surface area (Å²) >= 11 is 0. The van der Waals surface area contributed by atoms with Gasteiger partial charge in [-0.05, 0) is 50.9 Å². The summed E-state index contributed by atoms with van der Waals surface area (Å²) < 4.78 is 0. The fourth-order valence-electron chi connectivity index (χ4n) is 2.76. The van der Waals surface area contributed by atoms with Gasteiger partial charge < -0.3 is 10.2 Å². The lowest BCUT2D eigenvalue weighted by Gasteiger charge is -2.20. The molecule has 1 atom stereocenters. The van der Waals surface area contributed by atoms with Crippen LogP contribution in [0.4, 0.5) is 11.4 Å². The first-order valence-corrected chi connectivity index (χ1v) is 7.42. The van der Waals surface area contributed by atoms with Gasteiger partial charge in [-0.1, -0.05) is 6.92 Å². The summed E-state index contributed by atoms with van der Waals surface area (Å²) in [5, 5.41) is 14.1. The lowest BCUT2D eigenvalue weighted by molar-refractivity contribution is -0.384. The van der Waals surface area contributed by atoms with Crippen molar-refractivity contribution < 1.29 is 4.92 Å². The van der Waals surface area contributed by atoms with Gasteiger partial charge in [0.1, 0.15) is 0 Å². The van der Waals surface area contributed by atoms with Crippen molar-refractivity contribution in [3.8, 4) is 0 Å². The molecule has 0 bridgehead atoms. The van der Waals surface area contributed by atoms with Crippen LogP contribution in [0.25, 0.3) is 0 Å².